The molecule has 0 N–H and O–H groups in total. The summed E-state index contributed by atoms with van der Waals surface area (Å²) in [5, 5.41) is 0. The van der Waals surface area contributed by atoms with Gasteiger partial charge in [-0.2, -0.15) is 0 Å². The molecule has 2 fully saturated rings. The molecule has 0 aromatic carbocycles. The van der Waals surface area contributed by atoms with Crippen LogP contribution in [0.1, 0.15) is 52.4 Å². The number of nitrogens with zero attached hydrogens (tertiary/aromatic N) is 1. The molecule has 0 unspecified atom stereocenters. The van der Waals surface area contributed by atoms with Crippen molar-refractivity contribution in [3.63, 3.8) is 0 Å². The second-order valence-electron chi connectivity index (χ2n) is 5.79. The second kappa shape index (κ2) is 5.34. The van der Waals surface area contributed by atoms with E-state index in [1.807, 2.05) is 0 Å². The molecule has 1 saturated carbocycles. The van der Waals surface area contributed by atoms with Crippen LogP contribution in [0.25, 0.3) is 0 Å². The van der Waals surface area contributed by atoms with E-state index in [0.29, 0.717) is 0 Å². The Bertz CT molecular complexity index is 176. The lowest BCUT2D eigenvalue weighted by molar-refractivity contribution is 0.0665. The van der Waals surface area contributed by atoms with Crippen LogP contribution in [0, 0.1) is 17.8 Å². The Kier molecular flexibility index (Phi) is 4.07. The molecule has 88 valence electrons. The number of hydrogen-bond acceptors (Lipinski definition) is 1. The maximum Gasteiger partial charge on any atom is 0.00220 e. The van der Waals surface area contributed by atoms with Gasteiger partial charge in [-0.1, -0.05) is 39.5 Å². The first-order valence-corrected chi connectivity index (χ1v) is 7.04. The molecule has 2 aliphatic rings. The van der Waals surface area contributed by atoms with Crippen LogP contribution in [-0.2, 0) is 0 Å². The average Bonchev–Trinajstić information content (AvgIpc) is 2.23. The van der Waals surface area contributed by atoms with Crippen molar-refractivity contribution in [2.45, 2.75) is 52.4 Å². The molecule has 15 heavy (non-hydrogen) atoms. The predicted molar refractivity (Wildman–Crippen MR) is 66.0 cm³/mol. The third kappa shape index (κ3) is 2.96. The Hall–Kier alpha value is -0.0400. The zero-order valence-corrected chi connectivity index (χ0v) is 10.5. The van der Waals surface area contributed by atoms with Gasteiger partial charge in [0.2, 0.25) is 0 Å². The molecule has 0 amide bonds. The van der Waals surface area contributed by atoms with Gasteiger partial charge in [0.1, 0.15) is 0 Å². The van der Waals surface area contributed by atoms with Crippen molar-refractivity contribution in [3.05, 3.63) is 0 Å². The minimum absolute atomic E-state index is 1.02. The van der Waals surface area contributed by atoms with E-state index in [1.165, 1.54) is 58.2 Å². The van der Waals surface area contributed by atoms with Crippen LogP contribution in [-0.4, -0.2) is 24.5 Å². The number of rotatable bonds is 4. The first-order valence-electron chi connectivity index (χ1n) is 7.04. The van der Waals surface area contributed by atoms with E-state index in [2.05, 4.69) is 18.7 Å². The molecule has 1 nitrogen and oxygen atoms in total. The molecule has 1 aliphatic heterocycles. The van der Waals surface area contributed by atoms with Crippen LogP contribution >= 0.6 is 0 Å². The standard InChI is InChI=1S/C14H27N/c1-3-12-5-7-14(8-6-12)11-15-9-13(4-2)10-15/h12-14H,3-11H2,1-2H3. The molecule has 0 radical (unpaired) electrons. The van der Waals surface area contributed by atoms with Crippen LogP contribution in [0.15, 0.2) is 0 Å². The fraction of sp³-hybridized carbons (Fsp3) is 1.00. The van der Waals surface area contributed by atoms with Crippen molar-refractivity contribution < 1.29 is 0 Å². The highest BCUT2D eigenvalue weighted by atomic mass is 15.2. The van der Waals surface area contributed by atoms with Gasteiger partial charge in [0, 0.05) is 19.6 Å². The fourth-order valence-corrected chi connectivity index (χ4v) is 3.27. The first-order chi connectivity index (χ1) is 7.31. The highest BCUT2D eigenvalue weighted by Crippen LogP contribution is 2.32. The SMILES string of the molecule is CCC1CCC(CN2CC(CC)C2)CC1. The van der Waals surface area contributed by atoms with Gasteiger partial charge in [-0.3, -0.25) is 0 Å². The average molecular weight is 209 g/mol. The quantitative estimate of drug-likeness (QED) is 0.684. The molecule has 0 bridgehead atoms. The van der Waals surface area contributed by atoms with Gasteiger partial charge < -0.3 is 4.90 Å². The lowest BCUT2D eigenvalue weighted by atomic mass is 9.80. The van der Waals surface area contributed by atoms with E-state index in [9.17, 15) is 0 Å². The Labute approximate surface area is 95.2 Å². The Morgan fingerprint density at radius 3 is 1.87 bits per heavy atom. The summed E-state index contributed by atoms with van der Waals surface area (Å²) in [5.41, 5.74) is 0. The van der Waals surface area contributed by atoms with Crippen LogP contribution in [0.3, 0.4) is 0 Å². The van der Waals surface area contributed by atoms with Gasteiger partial charge in [0.15, 0.2) is 0 Å². The predicted octanol–water partition coefficient (Wildman–Crippen LogP) is 3.54. The van der Waals surface area contributed by atoms with Crippen molar-refractivity contribution in [1.82, 2.24) is 4.90 Å². The molecule has 0 aromatic heterocycles. The summed E-state index contributed by atoms with van der Waals surface area (Å²) in [6.45, 7) is 8.88. The summed E-state index contributed by atoms with van der Waals surface area (Å²) in [5.74, 6) is 3.11. The Balaban J connectivity index is 1.61. The number of likely N-dealkylation sites (tertiary alicyclic amines) is 1. The first kappa shape index (κ1) is 11.4. The Morgan fingerprint density at radius 1 is 0.800 bits per heavy atom. The monoisotopic (exact) mass is 209 g/mol. The molecule has 2 rings (SSSR count). The lowest BCUT2D eigenvalue weighted by Crippen LogP contribution is -2.48. The van der Waals surface area contributed by atoms with E-state index >= 15 is 0 Å². The van der Waals surface area contributed by atoms with Crippen molar-refractivity contribution in [2.75, 3.05) is 19.6 Å². The highest BCUT2D eigenvalue weighted by Gasteiger charge is 2.28. The van der Waals surface area contributed by atoms with Crippen LogP contribution < -0.4 is 0 Å². The largest absolute Gasteiger partial charge is 0.302 e. The minimum Gasteiger partial charge on any atom is -0.302 e. The van der Waals surface area contributed by atoms with Gasteiger partial charge in [-0.25, -0.2) is 0 Å². The van der Waals surface area contributed by atoms with Crippen molar-refractivity contribution in [3.8, 4) is 0 Å². The van der Waals surface area contributed by atoms with Crippen molar-refractivity contribution >= 4 is 0 Å². The third-order valence-corrected chi connectivity index (χ3v) is 4.67. The molecular formula is C14H27N. The molecule has 1 heterocycles. The van der Waals surface area contributed by atoms with E-state index in [-0.39, 0.29) is 0 Å². The van der Waals surface area contributed by atoms with Crippen LogP contribution in [0.5, 0.6) is 0 Å². The summed E-state index contributed by atoms with van der Waals surface area (Å²) in [6.07, 6.45) is 8.82. The van der Waals surface area contributed by atoms with E-state index in [1.54, 1.807) is 0 Å². The molecule has 1 aliphatic carbocycles. The van der Waals surface area contributed by atoms with E-state index in [4.69, 9.17) is 0 Å². The summed E-state index contributed by atoms with van der Waals surface area (Å²) in [6, 6.07) is 0. The summed E-state index contributed by atoms with van der Waals surface area (Å²) in [4.78, 5) is 2.69. The van der Waals surface area contributed by atoms with Gasteiger partial charge in [0.25, 0.3) is 0 Å². The zero-order chi connectivity index (χ0) is 10.7. The van der Waals surface area contributed by atoms with Gasteiger partial charge in [0.05, 0.1) is 0 Å². The minimum atomic E-state index is 1.02. The molecular weight excluding hydrogens is 182 g/mol. The maximum absolute atomic E-state index is 2.69. The Morgan fingerprint density at radius 2 is 1.33 bits per heavy atom. The van der Waals surface area contributed by atoms with Gasteiger partial charge >= 0.3 is 0 Å². The normalized spacial score (nSPS) is 34.0. The van der Waals surface area contributed by atoms with Gasteiger partial charge in [-0.05, 0) is 30.6 Å². The summed E-state index contributed by atoms with van der Waals surface area (Å²) >= 11 is 0. The second-order valence-corrected chi connectivity index (χ2v) is 5.79. The molecule has 1 saturated heterocycles. The van der Waals surface area contributed by atoms with Crippen molar-refractivity contribution in [2.24, 2.45) is 17.8 Å². The lowest BCUT2D eigenvalue weighted by Gasteiger charge is -2.42. The van der Waals surface area contributed by atoms with E-state index in [0.717, 1.165) is 17.8 Å². The highest BCUT2D eigenvalue weighted by molar-refractivity contribution is 4.82. The van der Waals surface area contributed by atoms with Crippen LogP contribution in [0.4, 0.5) is 0 Å². The molecule has 1 heteroatoms. The smallest absolute Gasteiger partial charge is 0.00220 e. The summed E-state index contributed by atoms with van der Waals surface area (Å²) in [7, 11) is 0. The molecule has 0 atom stereocenters. The zero-order valence-electron chi connectivity index (χ0n) is 10.5. The molecule has 0 aromatic rings. The topological polar surface area (TPSA) is 3.24 Å². The number of hydrogen-bond donors (Lipinski definition) is 0. The van der Waals surface area contributed by atoms with Crippen molar-refractivity contribution in [1.29, 1.82) is 0 Å². The molecule has 0 spiro atoms. The van der Waals surface area contributed by atoms with Crippen LogP contribution in [0.2, 0.25) is 0 Å². The summed E-state index contributed by atoms with van der Waals surface area (Å²) < 4.78 is 0. The van der Waals surface area contributed by atoms with E-state index < -0.39 is 0 Å². The third-order valence-electron chi connectivity index (χ3n) is 4.67. The fourth-order valence-electron chi connectivity index (χ4n) is 3.27. The van der Waals surface area contributed by atoms with Gasteiger partial charge in [-0.15, -0.1) is 0 Å². The maximum atomic E-state index is 2.69.